The molecule has 1 heterocycles. The molecule has 0 aliphatic heterocycles. The van der Waals surface area contributed by atoms with Crippen LogP contribution in [0.3, 0.4) is 0 Å². The van der Waals surface area contributed by atoms with Gasteiger partial charge in [-0.1, -0.05) is 12.1 Å². The molecular formula is C7H7N5. The number of anilines is 1. The zero-order valence-corrected chi connectivity index (χ0v) is 6.23. The number of nitrogens with two attached hydrogens (primary N) is 1. The summed E-state index contributed by atoms with van der Waals surface area (Å²) in [5, 5.41) is 7.63. The highest BCUT2D eigenvalue weighted by Gasteiger charge is 1.96. The minimum atomic E-state index is 0.328. The summed E-state index contributed by atoms with van der Waals surface area (Å²) in [5.74, 6) is 5.45. The molecule has 1 aromatic carbocycles. The molecule has 1 aromatic heterocycles. The SMILES string of the molecule is NNc1nnc2ccccc2n1. The van der Waals surface area contributed by atoms with Gasteiger partial charge in [-0.2, -0.15) is 0 Å². The Morgan fingerprint density at radius 1 is 1.08 bits per heavy atom. The Kier molecular flexibility index (Phi) is 1.56. The molecule has 2 aromatic rings. The highest BCUT2D eigenvalue weighted by molar-refractivity contribution is 5.73. The number of nitrogens with one attached hydrogen (secondary N) is 1. The van der Waals surface area contributed by atoms with Gasteiger partial charge in [0.05, 0.1) is 5.52 Å². The van der Waals surface area contributed by atoms with Crippen molar-refractivity contribution < 1.29 is 0 Å². The Labute approximate surface area is 68.6 Å². The largest absolute Gasteiger partial charge is 0.291 e. The van der Waals surface area contributed by atoms with Gasteiger partial charge in [0.1, 0.15) is 5.52 Å². The van der Waals surface area contributed by atoms with Gasteiger partial charge in [-0.25, -0.2) is 10.8 Å². The number of nitrogens with zero attached hydrogens (tertiary/aromatic N) is 3. The van der Waals surface area contributed by atoms with Crippen LogP contribution in [0.4, 0.5) is 5.95 Å². The highest BCUT2D eigenvalue weighted by atomic mass is 15.3. The second-order valence-electron chi connectivity index (χ2n) is 2.27. The fourth-order valence-corrected chi connectivity index (χ4v) is 0.942. The van der Waals surface area contributed by atoms with Crippen LogP contribution < -0.4 is 11.3 Å². The van der Waals surface area contributed by atoms with E-state index < -0.39 is 0 Å². The zero-order valence-electron chi connectivity index (χ0n) is 6.23. The fourth-order valence-electron chi connectivity index (χ4n) is 0.942. The number of fused-ring (bicyclic) bond motifs is 1. The maximum atomic E-state index is 5.13. The van der Waals surface area contributed by atoms with Crippen LogP contribution in [0.2, 0.25) is 0 Å². The van der Waals surface area contributed by atoms with Crippen LogP contribution in [0.15, 0.2) is 24.3 Å². The monoisotopic (exact) mass is 161 g/mol. The molecule has 2 rings (SSSR count). The van der Waals surface area contributed by atoms with Crippen molar-refractivity contribution in [2.75, 3.05) is 5.43 Å². The summed E-state index contributed by atoms with van der Waals surface area (Å²) in [5.41, 5.74) is 3.87. The smallest absolute Gasteiger partial charge is 0.257 e. The summed E-state index contributed by atoms with van der Waals surface area (Å²) in [4.78, 5) is 4.08. The van der Waals surface area contributed by atoms with Crippen LogP contribution in [0, 0.1) is 0 Å². The lowest BCUT2D eigenvalue weighted by Gasteiger charge is -1.97. The zero-order chi connectivity index (χ0) is 8.39. The van der Waals surface area contributed by atoms with Crippen LogP contribution in [0.5, 0.6) is 0 Å². The van der Waals surface area contributed by atoms with Crippen molar-refractivity contribution in [3.05, 3.63) is 24.3 Å². The standard InChI is InChI=1S/C7H7N5/c8-10-7-9-5-3-1-2-4-6(5)11-12-7/h1-4H,8H2,(H,9,10,12). The molecule has 3 N–H and O–H groups in total. The number of nitrogen functional groups attached to an aromatic ring is 1. The number of para-hydroxylation sites is 1. The molecule has 0 amide bonds. The molecule has 5 nitrogen and oxygen atoms in total. The molecule has 0 radical (unpaired) electrons. The number of hydrogen-bond acceptors (Lipinski definition) is 5. The van der Waals surface area contributed by atoms with Crippen LogP contribution in [0.25, 0.3) is 11.0 Å². The third-order valence-corrected chi connectivity index (χ3v) is 1.49. The average Bonchev–Trinajstić information content (AvgIpc) is 2.17. The van der Waals surface area contributed by atoms with Gasteiger partial charge in [-0.05, 0) is 12.1 Å². The first-order chi connectivity index (χ1) is 5.90. The molecule has 0 unspecified atom stereocenters. The van der Waals surface area contributed by atoms with E-state index in [0.29, 0.717) is 5.95 Å². The first-order valence-corrected chi connectivity index (χ1v) is 3.46. The molecule has 0 fully saturated rings. The Bertz CT molecular complexity index is 400. The molecule has 0 saturated carbocycles. The van der Waals surface area contributed by atoms with E-state index in [1.807, 2.05) is 24.3 Å². The molecule has 5 heteroatoms. The van der Waals surface area contributed by atoms with Crippen molar-refractivity contribution in [3.8, 4) is 0 Å². The molecule has 12 heavy (non-hydrogen) atoms. The number of rotatable bonds is 1. The van der Waals surface area contributed by atoms with E-state index in [1.54, 1.807) is 0 Å². The first-order valence-electron chi connectivity index (χ1n) is 3.46. The van der Waals surface area contributed by atoms with Gasteiger partial charge in [0.2, 0.25) is 0 Å². The lowest BCUT2D eigenvalue weighted by atomic mass is 10.3. The summed E-state index contributed by atoms with van der Waals surface area (Å²) in [6.45, 7) is 0. The number of aromatic nitrogens is 3. The van der Waals surface area contributed by atoms with Crippen LogP contribution in [-0.2, 0) is 0 Å². The maximum Gasteiger partial charge on any atom is 0.257 e. The summed E-state index contributed by atoms with van der Waals surface area (Å²) < 4.78 is 0. The van der Waals surface area contributed by atoms with Crippen molar-refractivity contribution in [2.45, 2.75) is 0 Å². The van der Waals surface area contributed by atoms with Gasteiger partial charge >= 0.3 is 0 Å². The van der Waals surface area contributed by atoms with E-state index in [0.717, 1.165) is 11.0 Å². The van der Waals surface area contributed by atoms with E-state index in [9.17, 15) is 0 Å². The Morgan fingerprint density at radius 2 is 1.83 bits per heavy atom. The van der Waals surface area contributed by atoms with Crippen LogP contribution in [0.1, 0.15) is 0 Å². The quantitative estimate of drug-likeness (QED) is 0.465. The van der Waals surface area contributed by atoms with E-state index in [-0.39, 0.29) is 0 Å². The number of hydrogen-bond donors (Lipinski definition) is 2. The van der Waals surface area contributed by atoms with Crippen molar-refractivity contribution in [1.82, 2.24) is 15.2 Å². The molecule has 60 valence electrons. The van der Waals surface area contributed by atoms with Crippen molar-refractivity contribution in [1.29, 1.82) is 0 Å². The second-order valence-corrected chi connectivity index (χ2v) is 2.27. The molecule has 0 aliphatic carbocycles. The average molecular weight is 161 g/mol. The third-order valence-electron chi connectivity index (χ3n) is 1.49. The van der Waals surface area contributed by atoms with E-state index >= 15 is 0 Å². The highest BCUT2D eigenvalue weighted by Crippen LogP contribution is 2.07. The van der Waals surface area contributed by atoms with Gasteiger partial charge < -0.3 is 0 Å². The van der Waals surface area contributed by atoms with Gasteiger partial charge in [-0.3, -0.25) is 5.43 Å². The van der Waals surface area contributed by atoms with E-state index in [2.05, 4.69) is 20.6 Å². The van der Waals surface area contributed by atoms with E-state index in [1.165, 1.54) is 0 Å². The molecular weight excluding hydrogens is 154 g/mol. The molecule has 0 bridgehead atoms. The van der Waals surface area contributed by atoms with Crippen molar-refractivity contribution >= 4 is 17.0 Å². The van der Waals surface area contributed by atoms with Crippen LogP contribution in [-0.4, -0.2) is 15.2 Å². The van der Waals surface area contributed by atoms with Gasteiger partial charge in [0.25, 0.3) is 5.95 Å². The summed E-state index contributed by atoms with van der Waals surface area (Å²) >= 11 is 0. The normalized spacial score (nSPS) is 10.1. The Morgan fingerprint density at radius 3 is 2.58 bits per heavy atom. The minimum absolute atomic E-state index is 0.328. The molecule has 0 aliphatic rings. The topological polar surface area (TPSA) is 76.7 Å². The molecule has 0 spiro atoms. The predicted molar refractivity (Wildman–Crippen MR) is 45.1 cm³/mol. The van der Waals surface area contributed by atoms with Gasteiger partial charge in [0.15, 0.2) is 0 Å². The summed E-state index contributed by atoms with van der Waals surface area (Å²) in [6, 6.07) is 7.46. The maximum absolute atomic E-state index is 5.13. The molecule has 0 saturated heterocycles. The minimum Gasteiger partial charge on any atom is -0.291 e. The number of hydrazine groups is 1. The predicted octanol–water partition coefficient (Wildman–Crippen LogP) is 0.310. The first kappa shape index (κ1) is 6.93. The van der Waals surface area contributed by atoms with Crippen LogP contribution >= 0.6 is 0 Å². The third kappa shape index (κ3) is 1.06. The van der Waals surface area contributed by atoms with Gasteiger partial charge in [0, 0.05) is 0 Å². The Hall–Kier alpha value is -1.75. The summed E-state index contributed by atoms with van der Waals surface area (Å²) in [6.07, 6.45) is 0. The number of benzene rings is 1. The van der Waals surface area contributed by atoms with E-state index in [4.69, 9.17) is 5.84 Å². The Balaban J connectivity index is 2.67. The lowest BCUT2D eigenvalue weighted by Crippen LogP contribution is -2.11. The second kappa shape index (κ2) is 2.71. The fraction of sp³-hybridized carbons (Fsp3) is 0. The lowest BCUT2D eigenvalue weighted by molar-refractivity contribution is 1.01. The van der Waals surface area contributed by atoms with Crippen molar-refractivity contribution in [3.63, 3.8) is 0 Å². The molecule has 0 atom stereocenters. The van der Waals surface area contributed by atoms with Gasteiger partial charge in [-0.15, -0.1) is 10.2 Å². The summed E-state index contributed by atoms with van der Waals surface area (Å²) in [7, 11) is 0. The van der Waals surface area contributed by atoms with Crippen molar-refractivity contribution in [2.24, 2.45) is 5.84 Å².